The van der Waals surface area contributed by atoms with Gasteiger partial charge in [-0.1, -0.05) is 23.4 Å². The molecule has 1 N–H and O–H groups in total. The summed E-state index contributed by atoms with van der Waals surface area (Å²) >= 11 is 6.82. The van der Waals surface area contributed by atoms with Crippen LogP contribution in [0.1, 0.15) is 0 Å². The highest BCUT2D eigenvalue weighted by Crippen LogP contribution is 2.41. The molecule has 2 aliphatic heterocycles. The lowest BCUT2D eigenvalue weighted by Gasteiger charge is -2.24. The Morgan fingerprint density at radius 3 is 2.78 bits per heavy atom. The number of sulfone groups is 1. The van der Waals surface area contributed by atoms with Crippen LogP contribution < -0.4 is 4.90 Å². The van der Waals surface area contributed by atoms with Crippen molar-refractivity contribution in [3.05, 3.63) is 29.0 Å². The number of hydrogen-bond donors (Lipinski definition) is 1. The van der Waals surface area contributed by atoms with E-state index in [1.165, 1.54) is 17.0 Å². The van der Waals surface area contributed by atoms with Gasteiger partial charge in [0.2, 0.25) is 0 Å². The number of ether oxygens (including phenoxy) is 1. The third-order valence-corrected chi connectivity index (χ3v) is 7.44. The maximum atomic E-state index is 13.9. The van der Waals surface area contributed by atoms with Crippen LogP contribution >= 0.6 is 23.4 Å². The number of aliphatic carboxylic acids is 1. The highest BCUT2D eigenvalue weighted by atomic mass is 35.5. The Hall–Kier alpha value is -1.69. The molecule has 0 radical (unpaired) electrons. The predicted octanol–water partition coefficient (Wildman–Crippen LogP) is 1.18. The van der Waals surface area contributed by atoms with Crippen LogP contribution in [0.4, 0.5) is 10.1 Å². The molecule has 2 heterocycles. The normalized spacial score (nSPS) is 25.0. The Kier molecular flexibility index (Phi) is 5.75. The molecule has 8 nitrogen and oxygen atoms in total. The van der Waals surface area contributed by atoms with Gasteiger partial charge in [-0.2, -0.15) is 4.99 Å². The Balaban J connectivity index is 1.88. The molecule has 1 aromatic rings. The zero-order valence-electron chi connectivity index (χ0n) is 13.7. The largest absolute Gasteiger partial charge is 0.480 e. The van der Waals surface area contributed by atoms with Crippen molar-refractivity contribution in [2.75, 3.05) is 29.6 Å². The number of carbonyl (C=O) groups excluding carboxylic acids is 1. The van der Waals surface area contributed by atoms with Crippen LogP contribution in [0.3, 0.4) is 0 Å². The number of amidine groups is 1. The van der Waals surface area contributed by atoms with Crippen LogP contribution in [0.2, 0.25) is 5.02 Å². The molecule has 2 fully saturated rings. The number of anilines is 1. The van der Waals surface area contributed by atoms with Crippen molar-refractivity contribution < 1.29 is 32.2 Å². The summed E-state index contributed by atoms with van der Waals surface area (Å²) in [5.41, 5.74) is 0.326. The SMILES string of the molecule is O=C(O)COCC(=O)N=C1S[C@@H]2CS(=O)(=O)C[C@H]2N1c1ccc(Cl)c(F)c1. The number of carboxylic acids is 1. The average Bonchev–Trinajstić information content (AvgIpc) is 3.00. The van der Waals surface area contributed by atoms with E-state index in [2.05, 4.69) is 4.99 Å². The molecule has 0 aromatic heterocycles. The molecule has 0 aliphatic carbocycles. The third kappa shape index (κ3) is 4.60. The van der Waals surface area contributed by atoms with Crippen molar-refractivity contribution in [3.8, 4) is 0 Å². The number of rotatable bonds is 5. The highest BCUT2D eigenvalue weighted by Gasteiger charge is 2.49. The van der Waals surface area contributed by atoms with Crippen LogP contribution in [0.5, 0.6) is 0 Å². The van der Waals surface area contributed by atoms with Crippen molar-refractivity contribution in [2.24, 2.45) is 4.99 Å². The molecule has 27 heavy (non-hydrogen) atoms. The van der Waals surface area contributed by atoms with E-state index in [0.717, 1.165) is 17.8 Å². The summed E-state index contributed by atoms with van der Waals surface area (Å²) in [5, 5.41) is 8.30. The van der Waals surface area contributed by atoms with E-state index >= 15 is 0 Å². The lowest BCUT2D eigenvalue weighted by molar-refractivity contribution is -0.143. The minimum Gasteiger partial charge on any atom is -0.480 e. The average molecular weight is 437 g/mol. The minimum atomic E-state index is -3.25. The molecule has 146 valence electrons. The molecular formula is C15H14ClFN2O6S2. The summed E-state index contributed by atoms with van der Waals surface area (Å²) in [7, 11) is -3.25. The van der Waals surface area contributed by atoms with E-state index in [9.17, 15) is 22.4 Å². The van der Waals surface area contributed by atoms with Gasteiger partial charge in [-0.15, -0.1) is 0 Å². The summed E-state index contributed by atoms with van der Waals surface area (Å²) in [6.07, 6.45) is 0. The first-order chi connectivity index (χ1) is 12.7. The van der Waals surface area contributed by atoms with Gasteiger partial charge in [-0.3, -0.25) is 4.79 Å². The summed E-state index contributed by atoms with van der Waals surface area (Å²) in [6, 6.07) is 3.51. The van der Waals surface area contributed by atoms with E-state index in [-0.39, 0.29) is 26.9 Å². The standard InChI is InChI=1S/C15H14ClFN2O6S2/c16-9-2-1-8(3-10(9)17)19-11-6-27(23,24)7-12(11)26-15(19)18-13(20)4-25-5-14(21)22/h1-3,11-12H,4-7H2,(H,21,22)/t11-,12-/m1/s1. The molecule has 3 rings (SSSR count). The van der Waals surface area contributed by atoms with Crippen LogP contribution in [0.15, 0.2) is 23.2 Å². The molecule has 12 heteroatoms. The van der Waals surface area contributed by atoms with Gasteiger partial charge in [-0.05, 0) is 18.2 Å². The second-order valence-electron chi connectivity index (χ2n) is 5.94. The molecule has 2 saturated heterocycles. The molecule has 2 atom stereocenters. The molecule has 0 unspecified atom stereocenters. The number of fused-ring (bicyclic) bond motifs is 1. The van der Waals surface area contributed by atoms with Crippen molar-refractivity contribution >= 4 is 55.9 Å². The van der Waals surface area contributed by atoms with Gasteiger partial charge in [0, 0.05) is 10.9 Å². The van der Waals surface area contributed by atoms with Crippen LogP contribution in [-0.2, 0) is 24.2 Å². The number of thioether (sulfide) groups is 1. The highest BCUT2D eigenvalue weighted by molar-refractivity contribution is 8.16. The van der Waals surface area contributed by atoms with E-state index in [0.29, 0.717) is 5.69 Å². The monoisotopic (exact) mass is 436 g/mol. The number of carboxylic acid groups (broad SMARTS) is 1. The van der Waals surface area contributed by atoms with E-state index < -0.39 is 46.8 Å². The van der Waals surface area contributed by atoms with Gasteiger partial charge in [0.1, 0.15) is 19.0 Å². The number of halogens is 2. The van der Waals surface area contributed by atoms with Crippen molar-refractivity contribution in [1.82, 2.24) is 0 Å². The minimum absolute atomic E-state index is 0.0718. The fraction of sp³-hybridized carbons (Fsp3) is 0.400. The van der Waals surface area contributed by atoms with Crippen LogP contribution in [0, 0.1) is 5.82 Å². The third-order valence-electron chi connectivity index (χ3n) is 3.92. The molecule has 0 spiro atoms. The number of benzene rings is 1. The quantitative estimate of drug-likeness (QED) is 0.732. The summed E-state index contributed by atoms with van der Waals surface area (Å²) in [5.74, 6) is -2.83. The molecular weight excluding hydrogens is 423 g/mol. The maximum absolute atomic E-state index is 13.9. The van der Waals surface area contributed by atoms with Crippen molar-refractivity contribution in [3.63, 3.8) is 0 Å². The zero-order chi connectivity index (χ0) is 19.8. The van der Waals surface area contributed by atoms with Gasteiger partial charge in [0.15, 0.2) is 15.0 Å². The number of amides is 1. The molecule has 2 aliphatic rings. The molecule has 1 amide bonds. The van der Waals surface area contributed by atoms with Crippen molar-refractivity contribution in [1.29, 1.82) is 0 Å². The van der Waals surface area contributed by atoms with Crippen LogP contribution in [0.25, 0.3) is 0 Å². The Morgan fingerprint density at radius 1 is 1.37 bits per heavy atom. The first kappa shape index (κ1) is 20.1. The fourth-order valence-electron chi connectivity index (χ4n) is 2.87. The lowest BCUT2D eigenvalue weighted by Crippen LogP contribution is -2.37. The van der Waals surface area contributed by atoms with E-state index in [1.807, 2.05) is 0 Å². The number of carbonyl (C=O) groups is 2. The number of nitrogens with zero attached hydrogens (tertiary/aromatic N) is 2. The summed E-state index contributed by atoms with van der Waals surface area (Å²) in [6.45, 7) is -1.17. The van der Waals surface area contributed by atoms with E-state index in [4.69, 9.17) is 21.4 Å². The number of aliphatic imine (C=N–C) groups is 1. The van der Waals surface area contributed by atoms with Gasteiger partial charge in [0.05, 0.1) is 22.6 Å². The smallest absolute Gasteiger partial charge is 0.329 e. The predicted molar refractivity (Wildman–Crippen MR) is 98.6 cm³/mol. The summed E-state index contributed by atoms with van der Waals surface area (Å²) < 4.78 is 42.5. The molecule has 0 saturated carbocycles. The fourth-order valence-corrected chi connectivity index (χ4v) is 6.91. The first-order valence-electron chi connectivity index (χ1n) is 7.69. The van der Waals surface area contributed by atoms with Gasteiger partial charge in [-0.25, -0.2) is 17.6 Å². The van der Waals surface area contributed by atoms with Crippen LogP contribution in [-0.4, -0.2) is 66.6 Å². The second-order valence-corrected chi connectivity index (χ2v) is 9.71. The van der Waals surface area contributed by atoms with Gasteiger partial charge in [0.25, 0.3) is 5.91 Å². The van der Waals surface area contributed by atoms with Gasteiger partial charge < -0.3 is 14.7 Å². The topological polar surface area (TPSA) is 113 Å². The maximum Gasteiger partial charge on any atom is 0.329 e. The Labute approximate surface area is 163 Å². The first-order valence-corrected chi connectivity index (χ1v) is 10.8. The van der Waals surface area contributed by atoms with Gasteiger partial charge >= 0.3 is 5.97 Å². The summed E-state index contributed by atoms with van der Waals surface area (Å²) in [4.78, 5) is 27.8. The lowest BCUT2D eigenvalue weighted by atomic mass is 10.2. The van der Waals surface area contributed by atoms with E-state index in [1.54, 1.807) is 0 Å². The van der Waals surface area contributed by atoms with Crippen molar-refractivity contribution in [2.45, 2.75) is 11.3 Å². The molecule has 0 bridgehead atoms. The molecule has 1 aromatic carbocycles. The zero-order valence-corrected chi connectivity index (χ0v) is 16.1. The Morgan fingerprint density at radius 2 is 2.11 bits per heavy atom. The second kappa shape index (κ2) is 7.74. The Bertz CT molecular complexity index is 923. The number of hydrogen-bond acceptors (Lipinski definition) is 6.